The van der Waals surface area contributed by atoms with Crippen LogP contribution < -0.4 is 4.90 Å². The maximum absolute atomic E-state index is 6.29. The first kappa shape index (κ1) is 17.4. The molecule has 2 aromatic heterocycles. The zero-order valence-corrected chi connectivity index (χ0v) is 17.2. The molecule has 5 rings (SSSR count). The van der Waals surface area contributed by atoms with E-state index in [-0.39, 0.29) is 0 Å². The molecule has 0 spiro atoms. The highest BCUT2D eigenvalue weighted by Gasteiger charge is 2.23. The minimum atomic E-state index is 0.356. The van der Waals surface area contributed by atoms with Gasteiger partial charge >= 0.3 is 0 Å². The van der Waals surface area contributed by atoms with Gasteiger partial charge in [0, 0.05) is 24.0 Å². The average molecular weight is 398 g/mol. The van der Waals surface area contributed by atoms with Crippen molar-refractivity contribution in [2.45, 2.75) is 45.4 Å². The monoisotopic (exact) mass is 397 g/mol. The highest BCUT2D eigenvalue weighted by Crippen LogP contribution is 2.40. The van der Waals surface area contributed by atoms with Gasteiger partial charge in [0.2, 0.25) is 5.28 Å². The molecule has 0 bridgehead atoms. The third kappa shape index (κ3) is 3.23. The summed E-state index contributed by atoms with van der Waals surface area (Å²) < 4.78 is 0. The molecule has 1 saturated heterocycles. The van der Waals surface area contributed by atoms with Crippen LogP contribution in [-0.2, 0) is 12.8 Å². The average Bonchev–Trinajstić information content (AvgIpc) is 3.10. The van der Waals surface area contributed by atoms with E-state index >= 15 is 0 Å². The highest BCUT2D eigenvalue weighted by atomic mass is 35.5. The van der Waals surface area contributed by atoms with E-state index in [1.807, 2.05) is 0 Å². The number of benzene rings is 1. The molecule has 0 saturated carbocycles. The Morgan fingerprint density at radius 1 is 1.11 bits per heavy atom. The highest BCUT2D eigenvalue weighted by molar-refractivity contribution is 7.17. The lowest BCUT2D eigenvalue weighted by Crippen LogP contribution is -2.35. The summed E-state index contributed by atoms with van der Waals surface area (Å²) in [6.07, 6.45) is 7.54. The largest absolute Gasteiger partial charge is 0.356 e. The molecule has 3 heterocycles. The molecule has 1 fully saturated rings. The molecule has 0 N–H and O–H groups in total. The molecule has 1 atom stereocenters. The second-order valence-corrected chi connectivity index (χ2v) is 9.23. The van der Waals surface area contributed by atoms with E-state index in [1.165, 1.54) is 66.2 Å². The fourth-order valence-corrected chi connectivity index (χ4v) is 5.78. The van der Waals surface area contributed by atoms with Crippen LogP contribution in [0.15, 0.2) is 23.6 Å². The number of anilines is 1. The number of aromatic nitrogens is 2. The van der Waals surface area contributed by atoms with Gasteiger partial charge in [-0.2, -0.15) is 4.98 Å². The Bertz CT molecular complexity index is 997. The molecule has 1 aromatic carbocycles. The van der Waals surface area contributed by atoms with Crippen molar-refractivity contribution < 1.29 is 0 Å². The van der Waals surface area contributed by atoms with Crippen LogP contribution >= 0.6 is 22.9 Å². The van der Waals surface area contributed by atoms with Crippen molar-refractivity contribution in [3.8, 4) is 11.1 Å². The number of hydrogen-bond donors (Lipinski definition) is 0. The van der Waals surface area contributed by atoms with Crippen LogP contribution in [0, 0.1) is 5.92 Å². The summed E-state index contributed by atoms with van der Waals surface area (Å²) in [4.78, 5) is 12.6. The lowest BCUT2D eigenvalue weighted by molar-refractivity contribution is 0.445. The van der Waals surface area contributed by atoms with Crippen molar-refractivity contribution in [3.05, 3.63) is 40.0 Å². The van der Waals surface area contributed by atoms with Crippen molar-refractivity contribution in [3.63, 3.8) is 0 Å². The van der Waals surface area contributed by atoms with Crippen molar-refractivity contribution >= 4 is 39.0 Å². The van der Waals surface area contributed by atoms with Crippen LogP contribution in [0.3, 0.4) is 0 Å². The minimum absolute atomic E-state index is 0.356. The Hall–Kier alpha value is -1.65. The van der Waals surface area contributed by atoms with Crippen molar-refractivity contribution in [1.82, 2.24) is 9.97 Å². The van der Waals surface area contributed by atoms with Gasteiger partial charge in [0.05, 0.1) is 5.39 Å². The van der Waals surface area contributed by atoms with Gasteiger partial charge in [0.25, 0.3) is 0 Å². The molecular formula is C22H24ClN3S. The van der Waals surface area contributed by atoms with E-state index < -0.39 is 0 Å². The van der Waals surface area contributed by atoms with E-state index in [1.54, 1.807) is 11.3 Å². The maximum atomic E-state index is 6.29. The molecule has 2 aliphatic rings. The summed E-state index contributed by atoms with van der Waals surface area (Å²) in [5.74, 6) is 1.71. The van der Waals surface area contributed by atoms with Crippen molar-refractivity contribution in [2.24, 2.45) is 5.92 Å². The fourth-order valence-electron chi connectivity index (χ4n) is 4.62. The predicted octanol–water partition coefficient (Wildman–Crippen LogP) is 6.13. The topological polar surface area (TPSA) is 29.0 Å². The zero-order valence-electron chi connectivity index (χ0n) is 15.7. The summed E-state index contributed by atoms with van der Waals surface area (Å²) in [5.41, 5.74) is 5.59. The summed E-state index contributed by atoms with van der Waals surface area (Å²) in [5, 5.41) is 3.76. The molecule has 27 heavy (non-hydrogen) atoms. The maximum Gasteiger partial charge on any atom is 0.225 e. The van der Waals surface area contributed by atoms with Crippen LogP contribution in [0.4, 0.5) is 5.82 Å². The Balaban J connectivity index is 1.65. The first-order valence-electron chi connectivity index (χ1n) is 10.0. The number of hydrogen-bond acceptors (Lipinski definition) is 4. The molecule has 1 unspecified atom stereocenters. The Labute approximate surface area is 169 Å². The molecule has 0 radical (unpaired) electrons. The Morgan fingerprint density at radius 3 is 2.81 bits per heavy atom. The number of halogens is 1. The van der Waals surface area contributed by atoms with Crippen LogP contribution in [-0.4, -0.2) is 23.1 Å². The second-order valence-electron chi connectivity index (χ2n) is 8.03. The number of nitrogens with zero attached hydrogens (tertiary/aromatic N) is 3. The molecule has 1 aliphatic carbocycles. The SMILES string of the molecule is CC1CCCN(c2nc(Cl)nc3scc(-c4ccc5c(c4)CCCC5)c23)C1. The van der Waals surface area contributed by atoms with Gasteiger partial charge in [-0.15, -0.1) is 11.3 Å². The number of rotatable bonds is 2. The van der Waals surface area contributed by atoms with Crippen LogP contribution in [0.2, 0.25) is 5.28 Å². The smallest absolute Gasteiger partial charge is 0.225 e. The fraction of sp³-hybridized carbons (Fsp3) is 0.455. The standard InChI is InChI=1S/C22H24ClN3S/c1-14-5-4-10-26(12-14)20-19-18(13-27-21(19)25-22(23)24-20)17-9-8-15-6-2-3-7-16(15)11-17/h8-9,11,13-14H,2-7,10,12H2,1H3. The number of fused-ring (bicyclic) bond motifs is 2. The Kier molecular flexibility index (Phi) is 4.57. The van der Waals surface area contributed by atoms with E-state index in [9.17, 15) is 0 Å². The summed E-state index contributed by atoms with van der Waals surface area (Å²) in [7, 11) is 0. The van der Waals surface area contributed by atoms with E-state index in [2.05, 4.69) is 40.4 Å². The molecule has 5 heteroatoms. The van der Waals surface area contributed by atoms with Gasteiger partial charge in [-0.1, -0.05) is 25.1 Å². The summed E-state index contributed by atoms with van der Waals surface area (Å²) in [6.45, 7) is 4.42. The quantitative estimate of drug-likeness (QED) is 0.487. The van der Waals surface area contributed by atoms with Gasteiger partial charge < -0.3 is 4.90 Å². The lowest BCUT2D eigenvalue weighted by atomic mass is 9.89. The van der Waals surface area contributed by atoms with Gasteiger partial charge in [-0.25, -0.2) is 4.98 Å². The van der Waals surface area contributed by atoms with E-state index in [0.29, 0.717) is 11.2 Å². The van der Waals surface area contributed by atoms with Crippen molar-refractivity contribution in [2.75, 3.05) is 18.0 Å². The third-order valence-electron chi connectivity index (χ3n) is 6.00. The number of aryl methyl sites for hydroxylation is 2. The number of piperidine rings is 1. The van der Waals surface area contributed by atoms with Crippen LogP contribution in [0.1, 0.15) is 43.7 Å². The molecule has 140 valence electrons. The molecule has 1 aliphatic heterocycles. The summed E-state index contributed by atoms with van der Waals surface area (Å²) >= 11 is 7.96. The van der Waals surface area contributed by atoms with Gasteiger partial charge in [-0.3, -0.25) is 0 Å². The van der Waals surface area contributed by atoms with Crippen LogP contribution in [0.25, 0.3) is 21.3 Å². The third-order valence-corrected chi connectivity index (χ3v) is 7.04. The van der Waals surface area contributed by atoms with Gasteiger partial charge in [0.1, 0.15) is 10.6 Å². The van der Waals surface area contributed by atoms with Crippen molar-refractivity contribution in [1.29, 1.82) is 0 Å². The number of thiophene rings is 1. The van der Waals surface area contributed by atoms with Gasteiger partial charge in [-0.05, 0) is 72.7 Å². The molecular weight excluding hydrogens is 374 g/mol. The zero-order chi connectivity index (χ0) is 18.4. The minimum Gasteiger partial charge on any atom is -0.356 e. The van der Waals surface area contributed by atoms with Crippen LogP contribution in [0.5, 0.6) is 0 Å². The first-order chi connectivity index (χ1) is 13.2. The normalized spacial score (nSPS) is 20.1. The predicted molar refractivity (Wildman–Crippen MR) is 115 cm³/mol. The second kappa shape index (κ2) is 7.06. The van der Waals surface area contributed by atoms with Gasteiger partial charge in [0.15, 0.2) is 0 Å². The lowest BCUT2D eigenvalue weighted by Gasteiger charge is -2.32. The van der Waals surface area contributed by atoms with E-state index in [0.717, 1.165) is 23.7 Å². The first-order valence-corrected chi connectivity index (χ1v) is 11.3. The molecule has 0 amide bonds. The molecule has 3 nitrogen and oxygen atoms in total. The summed E-state index contributed by atoms with van der Waals surface area (Å²) in [6, 6.07) is 7.00. The Morgan fingerprint density at radius 2 is 1.96 bits per heavy atom. The van der Waals surface area contributed by atoms with E-state index in [4.69, 9.17) is 16.6 Å². The molecule has 3 aromatic rings.